The molecule has 1 saturated carbocycles. The molecule has 0 aromatic carbocycles. The maximum absolute atomic E-state index is 11.9. The lowest BCUT2D eigenvalue weighted by Gasteiger charge is -2.45. The molecule has 1 amide bonds. The topological polar surface area (TPSA) is 41.1 Å². The van der Waals surface area contributed by atoms with E-state index in [1.54, 1.807) is 0 Å². The highest BCUT2D eigenvalue weighted by molar-refractivity contribution is 5.76. The monoisotopic (exact) mass is 254 g/mol. The van der Waals surface area contributed by atoms with Crippen molar-refractivity contribution in [2.45, 2.75) is 66.3 Å². The Morgan fingerprint density at radius 2 is 1.72 bits per heavy atom. The Labute approximate surface area is 112 Å². The minimum absolute atomic E-state index is 0.189. The van der Waals surface area contributed by atoms with Crippen molar-refractivity contribution >= 4 is 5.91 Å². The van der Waals surface area contributed by atoms with Crippen LogP contribution >= 0.6 is 0 Å². The van der Waals surface area contributed by atoms with Gasteiger partial charge in [-0.3, -0.25) is 4.79 Å². The second kappa shape index (κ2) is 6.05. The quantitative estimate of drug-likeness (QED) is 0.741. The summed E-state index contributed by atoms with van der Waals surface area (Å²) < 4.78 is 0. The lowest BCUT2D eigenvalue weighted by molar-refractivity contribution is -0.122. The van der Waals surface area contributed by atoms with Crippen LogP contribution in [0.4, 0.5) is 0 Å². The Morgan fingerprint density at radius 1 is 1.17 bits per heavy atom. The lowest BCUT2D eigenvalue weighted by Crippen LogP contribution is -2.46. The number of amides is 1. The van der Waals surface area contributed by atoms with Crippen LogP contribution in [-0.2, 0) is 4.79 Å². The van der Waals surface area contributed by atoms with Crippen LogP contribution in [-0.4, -0.2) is 25.0 Å². The molecule has 3 heteroatoms. The molecule has 0 spiro atoms. The van der Waals surface area contributed by atoms with Crippen LogP contribution in [0.2, 0.25) is 0 Å². The van der Waals surface area contributed by atoms with Gasteiger partial charge in [-0.15, -0.1) is 0 Å². The summed E-state index contributed by atoms with van der Waals surface area (Å²) in [5.41, 5.74) is 0.669. The van der Waals surface area contributed by atoms with Gasteiger partial charge in [-0.25, -0.2) is 0 Å². The first-order valence-corrected chi connectivity index (χ1v) is 7.24. The Morgan fingerprint density at radius 3 is 2.22 bits per heavy atom. The minimum Gasteiger partial charge on any atom is -0.353 e. The predicted molar refractivity (Wildman–Crippen MR) is 76.5 cm³/mol. The van der Waals surface area contributed by atoms with Crippen molar-refractivity contribution in [2.24, 2.45) is 10.8 Å². The molecular formula is C15H30N2O. The first-order chi connectivity index (χ1) is 8.24. The molecule has 0 bridgehead atoms. The van der Waals surface area contributed by atoms with Crippen molar-refractivity contribution in [3.8, 4) is 0 Å². The third-order valence-corrected chi connectivity index (χ3v) is 3.70. The van der Waals surface area contributed by atoms with Crippen molar-refractivity contribution in [2.75, 3.05) is 13.1 Å². The zero-order valence-electron chi connectivity index (χ0n) is 12.7. The number of hydrogen-bond donors (Lipinski definition) is 2. The summed E-state index contributed by atoms with van der Waals surface area (Å²) in [5, 5.41) is 6.40. The van der Waals surface area contributed by atoms with Gasteiger partial charge in [0.25, 0.3) is 0 Å². The second-order valence-electron chi connectivity index (χ2n) is 7.28. The summed E-state index contributed by atoms with van der Waals surface area (Å²) in [6, 6.07) is 0.345. The lowest BCUT2D eigenvalue weighted by atomic mass is 9.63. The van der Waals surface area contributed by atoms with E-state index < -0.39 is 0 Å². The van der Waals surface area contributed by atoms with Gasteiger partial charge in [-0.05, 0) is 36.6 Å². The van der Waals surface area contributed by atoms with E-state index in [9.17, 15) is 4.79 Å². The van der Waals surface area contributed by atoms with E-state index >= 15 is 0 Å². The Hall–Kier alpha value is -0.570. The minimum atomic E-state index is 0.189. The molecule has 1 aliphatic carbocycles. The molecule has 3 nitrogen and oxygen atoms in total. The molecule has 0 aliphatic heterocycles. The zero-order chi connectivity index (χ0) is 13.8. The normalized spacial score (nSPS) is 22.7. The predicted octanol–water partition coefficient (Wildman–Crippen LogP) is 2.71. The average Bonchev–Trinajstić information content (AvgIpc) is 2.12. The SMILES string of the molecule is CCNCCC(=O)NC1CC(C)(C)CC(C)(C)C1. The van der Waals surface area contributed by atoms with Crippen molar-refractivity contribution in [3.63, 3.8) is 0 Å². The summed E-state index contributed by atoms with van der Waals surface area (Å²) in [6.45, 7) is 13.0. The van der Waals surface area contributed by atoms with E-state index in [2.05, 4.69) is 45.3 Å². The second-order valence-corrected chi connectivity index (χ2v) is 7.28. The molecule has 0 atom stereocenters. The average molecular weight is 254 g/mol. The van der Waals surface area contributed by atoms with Crippen molar-refractivity contribution in [3.05, 3.63) is 0 Å². The van der Waals surface area contributed by atoms with Gasteiger partial charge in [0.15, 0.2) is 0 Å². The molecule has 1 aliphatic rings. The van der Waals surface area contributed by atoms with Crippen LogP contribution in [0.25, 0.3) is 0 Å². The largest absolute Gasteiger partial charge is 0.353 e. The van der Waals surface area contributed by atoms with E-state index in [4.69, 9.17) is 0 Å². The molecule has 2 N–H and O–H groups in total. The summed E-state index contributed by atoms with van der Waals surface area (Å²) in [5.74, 6) is 0.189. The van der Waals surface area contributed by atoms with Crippen molar-refractivity contribution in [1.29, 1.82) is 0 Å². The Bertz CT molecular complexity index is 268. The van der Waals surface area contributed by atoms with E-state index in [0.29, 0.717) is 23.3 Å². The van der Waals surface area contributed by atoms with Crippen molar-refractivity contribution in [1.82, 2.24) is 10.6 Å². The Balaban J connectivity index is 2.44. The van der Waals surface area contributed by atoms with Crippen molar-refractivity contribution < 1.29 is 4.79 Å². The number of carbonyl (C=O) groups is 1. The van der Waals surface area contributed by atoms with Gasteiger partial charge < -0.3 is 10.6 Å². The molecule has 0 aromatic heterocycles. The molecule has 106 valence electrons. The molecule has 1 fully saturated rings. The van der Waals surface area contributed by atoms with Gasteiger partial charge in [-0.2, -0.15) is 0 Å². The van der Waals surface area contributed by atoms with Gasteiger partial charge in [0.1, 0.15) is 0 Å². The first kappa shape index (κ1) is 15.5. The third-order valence-electron chi connectivity index (χ3n) is 3.70. The van der Waals surface area contributed by atoms with E-state index in [1.165, 1.54) is 6.42 Å². The molecule has 0 saturated heterocycles. The maximum atomic E-state index is 11.9. The van der Waals surface area contributed by atoms with Crippen LogP contribution in [0.5, 0.6) is 0 Å². The molecule has 0 aromatic rings. The maximum Gasteiger partial charge on any atom is 0.221 e. The molecular weight excluding hydrogens is 224 g/mol. The van der Waals surface area contributed by atoms with Crippen LogP contribution in [0.3, 0.4) is 0 Å². The molecule has 0 radical (unpaired) electrons. The highest BCUT2D eigenvalue weighted by atomic mass is 16.1. The van der Waals surface area contributed by atoms with Gasteiger partial charge >= 0.3 is 0 Å². The number of carbonyl (C=O) groups excluding carboxylic acids is 1. The van der Waals surface area contributed by atoms with Gasteiger partial charge in [-0.1, -0.05) is 34.6 Å². The number of rotatable bonds is 5. The van der Waals surface area contributed by atoms with Crippen LogP contribution in [0.15, 0.2) is 0 Å². The summed E-state index contributed by atoms with van der Waals surface area (Å²) in [7, 11) is 0. The molecule has 0 unspecified atom stereocenters. The van der Waals surface area contributed by atoms with Gasteiger partial charge in [0, 0.05) is 19.0 Å². The fourth-order valence-corrected chi connectivity index (χ4v) is 3.63. The molecule has 18 heavy (non-hydrogen) atoms. The standard InChI is InChI=1S/C15H30N2O/c1-6-16-8-7-13(18)17-12-9-14(2,3)11-15(4,5)10-12/h12,16H,6-11H2,1-5H3,(H,17,18). The van der Waals surface area contributed by atoms with E-state index in [0.717, 1.165) is 25.9 Å². The van der Waals surface area contributed by atoms with Gasteiger partial charge in [0.2, 0.25) is 5.91 Å². The van der Waals surface area contributed by atoms with Crippen LogP contribution < -0.4 is 10.6 Å². The molecule has 1 rings (SSSR count). The fourth-order valence-electron chi connectivity index (χ4n) is 3.63. The van der Waals surface area contributed by atoms with Crippen LogP contribution in [0, 0.1) is 10.8 Å². The molecule has 0 heterocycles. The van der Waals surface area contributed by atoms with Crippen LogP contribution in [0.1, 0.15) is 60.3 Å². The van der Waals surface area contributed by atoms with E-state index in [-0.39, 0.29) is 5.91 Å². The Kier molecular flexibility index (Phi) is 5.20. The smallest absolute Gasteiger partial charge is 0.221 e. The van der Waals surface area contributed by atoms with E-state index in [1.807, 2.05) is 0 Å². The third kappa shape index (κ3) is 5.38. The number of hydrogen-bond acceptors (Lipinski definition) is 2. The summed E-state index contributed by atoms with van der Waals surface area (Å²) >= 11 is 0. The van der Waals surface area contributed by atoms with Gasteiger partial charge in [0.05, 0.1) is 0 Å². The first-order valence-electron chi connectivity index (χ1n) is 7.24. The zero-order valence-corrected chi connectivity index (χ0v) is 12.7. The summed E-state index contributed by atoms with van der Waals surface area (Å²) in [4.78, 5) is 11.9. The highest BCUT2D eigenvalue weighted by Crippen LogP contribution is 2.45. The summed E-state index contributed by atoms with van der Waals surface area (Å²) in [6.07, 6.45) is 4.03. The highest BCUT2D eigenvalue weighted by Gasteiger charge is 2.38. The number of nitrogens with one attached hydrogen (secondary N) is 2. The fraction of sp³-hybridized carbons (Fsp3) is 0.933.